The van der Waals surface area contributed by atoms with Crippen LogP contribution >= 0.6 is 0 Å². The smallest absolute Gasteiger partial charge is 0.245 e. The monoisotopic (exact) mass is 318 g/mol. The highest BCUT2D eigenvalue weighted by molar-refractivity contribution is 7.89. The molecule has 0 saturated carbocycles. The van der Waals surface area contributed by atoms with E-state index >= 15 is 0 Å². The lowest BCUT2D eigenvalue weighted by Crippen LogP contribution is -2.30. The van der Waals surface area contributed by atoms with Gasteiger partial charge in [0.15, 0.2) is 0 Å². The maximum Gasteiger partial charge on any atom is 0.245 e. The van der Waals surface area contributed by atoms with Gasteiger partial charge in [-0.2, -0.15) is 4.31 Å². The minimum Gasteiger partial charge on any atom is -0.373 e. The van der Waals surface area contributed by atoms with Crippen molar-refractivity contribution in [3.05, 3.63) is 48.4 Å². The van der Waals surface area contributed by atoms with Gasteiger partial charge in [-0.15, -0.1) is 0 Å². The summed E-state index contributed by atoms with van der Waals surface area (Å²) < 4.78 is 27.2. The number of nitrogens with one attached hydrogen (secondary N) is 1. The summed E-state index contributed by atoms with van der Waals surface area (Å²) in [6.45, 7) is 0.527. The van der Waals surface area contributed by atoms with Gasteiger partial charge in [-0.05, 0) is 42.7 Å². The van der Waals surface area contributed by atoms with Crippen LogP contribution in [0.3, 0.4) is 0 Å². The first kappa shape index (κ1) is 14.9. The first-order valence-electron chi connectivity index (χ1n) is 7.18. The molecule has 1 atom stereocenters. The van der Waals surface area contributed by atoms with Crippen LogP contribution in [0.25, 0.3) is 0 Å². The third kappa shape index (κ3) is 2.69. The van der Waals surface area contributed by atoms with E-state index in [0.717, 1.165) is 24.2 Å². The fraction of sp³-hybridized carbons (Fsp3) is 0.333. The standard InChI is InChI=1S/C15H18N4O2S/c1-16-15-10-12(6-8-18-15)14-5-3-9-19(14)22(20,21)13-4-2-7-17-11-13/h2,4,6-8,10-11,14H,3,5,9H2,1H3,(H,16,18)/t14-/m1/s1. The van der Waals surface area contributed by atoms with Crippen LogP contribution in [0.2, 0.25) is 0 Å². The number of sulfonamides is 1. The Bertz CT molecular complexity index is 749. The largest absolute Gasteiger partial charge is 0.373 e. The fourth-order valence-electron chi connectivity index (χ4n) is 2.79. The number of hydrogen-bond acceptors (Lipinski definition) is 5. The molecule has 2 aromatic rings. The Kier molecular flexibility index (Phi) is 4.08. The van der Waals surface area contributed by atoms with Gasteiger partial charge in [0.1, 0.15) is 10.7 Å². The summed E-state index contributed by atoms with van der Waals surface area (Å²) in [5.41, 5.74) is 0.962. The maximum atomic E-state index is 12.8. The predicted octanol–water partition coefficient (Wildman–Crippen LogP) is 2.04. The van der Waals surface area contributed by atoms with Crippen molar-refractivity contribution in [2.24, 2.45) is 0 Å². The van der Waals surface area contributed by atoms with E-state index < -0.39 is 10.0 Å². The molecule has 0 radical (unpaired) electrons. The van der Waals surface area contributed by atoms with Crippen molar-refractivity contribution in [1.82, 2.24) is 14.3 Å². The van der Waals surface area contributed by atoms with E-state index in [9.17, 15) is 8.42 Å². The summed E-state index contributed by atoms with van der Waals surface area (Å²) in [5.74, 6) is 0.739. The molecule has 22 heavy (non-hydrogen) atoms. The molecule has 0 aromatic carbocycles. The molecule has 0 spiro atoms. The summed E-state index contributed by atoms with van der Waals surface area (Å²) in [6, 6.07) is 6.86. The molecule has 1 fully saturated rings. The molecular formula is C15H18N4O2S. The SMILES string of the molecule is CNc1cc([C@H]2CCCN2S(=O)(=O)c2cccnc2)ccn1. The number of anilines is 1. The van der Waals surface area contributed by atoms with Crippen molar-refractivity contribution in [3.8, 4) is 0 Å². The van der Waals surface area contributed by atoms with Crippen LogP contribution in [0.1, 0.15) is 24.4 Å². The van der Waals surface area contributed by atoms with E-state index in [1.54, 1.807) is 35.9 Å². The summed E-state index contributed by atoms with van der Waals surface area (Å²) in [7, 11) is -1.73. The third-order valence-electron chi connectivity index (χ3n) is 3.87. The van der Waals surface area contributed by atoms with Crippen LogP contribution in [0.5, 0.6) is 0 Å². The maximum absolute atomic E-state index is 12.8. The molecule has 0 unspecified atom stereocenters. The van der Waals surface area contributed by atoms with Crippen LogP contribution in [-0.2, 0) is 10.0 Å². The van der Waals surface area contributed by atoms with Gasteiger partial charge in [-0.3, -0.25) is 4.98 Å². The van der Waals surface area contributed by atoms with E-state index in [1.165, 1.54) is 6.20 Å². The second kappa shape index (κ2) is 6.02. The van der Waals surface area contributed by atoms with Crippen molar-refractivity contribution in [2.75, 3.05) is 18.9 Å². The van der Waals surface area contributed by atoms with Crippen LogP contribution < -0.4 is 5.32 Å². The lowest BCUT2D eigenvalue weighted by atomic mass is 10.1. The Morgan fingerprint density at radius 3 is 2.91 bits per heavy atom. The normalized spacial score (nSPS) is 19.2. The zero-order chi connectivity index (χ0) is 15.6. The number of pyridine rings is 2. The second-order valence-electron chi connectivity index (χ2n) is 5.19. The first-order valence-corrected chi connectivity index (χ1v) is 8.62. The molecule has 1 saturated heterocycles. The van der Waals surface area contributed by atoms with Gasteiger partial charge < -0.3 is 5.32 Å². The average molecular weight is 318 g/mol. The zero-order valence-electron chi connectivity index (χ0n) is 12.3. The quantitative estimate of drug-likeness (QED) is 0.934. The Morgan fingerprint density at radius 1 is 1.32 bits per heavy atom. The Balaban J connectivity index is 1.96. The van der Waals surface area contributed by atoms with Gasteiger partial charge in [0.2, 0.25) is 10.0 Å². The van der Waals surface area contributed by atoms with Crippen molar-refractivity contribution >= 4 is 15.8 Å². The number of nitrogens with zero attached hydrogens (tertiary/aromatic N) is 3. The number of aromatic nitrogens is 2. The van der Waals surface area contributed by atoms with Crippen LogP contribution in [0.4, 0.5) is 5.82 Å². The highest BCUT2D eigenvalue weighted by atomic mass is 32.2. The Labute approximate surface area is 130 Å². The lowest BCUT2D eigenvalue weighted by Gasteiger charge is -2.24. The van der Waals surface area contributed by atoms with Gasteiger partial charge in [-0.1, -0.05) is 0 Å². The molecule has 3 heterocycles. The van der Waals surface area contributed by atoms with E-state index in [2.05, 4.69) is 15.3 Å². The van der Waals surface area contributed by atoms with Crippen LogP contribution in [-0.4, -0.2) is 36.3 Å². The second-order valence-corrected chi connectivity index (χ2v) is 7.08. The van der Waals surface area contributed by atoms with E-state index in [-0.39, 0.29) is 10.9 Å². The van der Waals surface area contributed by atoms with Crippen molar-refractivity contribution in [2.45, 2.75) is 23.8 Å². The van der Waals surface area contributed by atoms with Gasteiger partial charge in [0, 0.05) is 32.2 Å². The minimum absolute atomic E-state index is 0.152. The molecule has 1 aliphatic heterocycles. The highest BCUT2D eigenvalue weighted by Crippen LogP contribution is 2.36. The molecule has 0 aliphatic carbocycles. The molecule has 1 aliphatic rings. The molecule has 0 amide bonds. The van der Waals surface area contributed by atoms with Gasteiger partial charge in [-0.25, -0.2) is 13.4 Å². The fourth-order valence-corrected chi connectivity index (χ4v) is 4.43. The summed E-state index contributed by atoms with van der Waals surface area (Å²) in [4.78, 5) is 8.35. The summed E-state index contributed by atoms with van der Waals surface area (Å²) >= 11 is 0. The third-order valence-corrected chi connectivity index (χ3v) is 5.76. The van der Waals surface area contributed by atoms with E-state index in [4.69, 9.17) is 0 Å². The molecular weight excluding hydrogens is 300 g/mol. The number of hydrogen-bond donors (Lipinski definition) is 1. The lowest BCUT2D eigenvalue weighted by molar-refractivity contribution is 0.396. The minimum atomic E-state index is -3.53. The molecule has 2 aromatic heterocycles. The molecule has 1 N–H and O–H groups in total. The zero-order valence-corrected chi connectivity index (χ0v) is 13.1. The van der Waals surface area contributed by atoms with Gasteiger partial charge in [0.05, 0.1) is 6.04 Å². The highest BCUT2D eigenvalue weighted by Gasteiger charge is 2.36. The van der Waals surface area contributed by atoms with Gasteiger partial charge >= 0.3 is 0 Å². The molecule has 3 rings (SSSR count). The van der Waals surface area contributed by atoms with Gasteiger partial charge in [0.25, 0.3) is 0 Å². The van der Waals surface area contributed by atoms with Crippen molar-refractivity contribution in [1.29, 1.82) is 0 Å². The predicted molar refractivity (Wildman–Crippen MR) is 83.9 cm³/mol. The summed E-state index contributed by atoms with van der Waals surface area (Å²) in [5, 5.41) is 2.99. The Morgan fingerprint density at radius 2 is 2.18 bits per heavy atom. The first-order chi connectivity index (χ1) is 10.6. The topological polar surface area (TPSA) is 75.2 Å². The molecule has 0 bridgehead atoms. The van der Waals surface area contributed by atoms with Crippen molar-refractivity contribution in [3.63, 3.8) is 0 Å². The Hall–Kier alpha value is -1.99. The van der Waals surface area contributed by atoms with E-state index in [1.807, 2.05) is 12.1 Å². The molecule has 6 nitrogen and oxygen atoms in total. The number of rotatable bonds is 4. The van der Waals surface area contributed by atoms with Crippen LogP contribution in [0, 0.1) is 0 Å². The van der Waals surface area contributed by atoms with E-state index in [0.29, 0.717) is 6.54 Å². The summed E-state index contributed by atoms with van der Waals surface area (Å²) in [6.07, 6.45) is 6.33. The molecule has 116 valence electrons. The van der Waals surface area contributed by atoms with Crippen LogP contribution in [0.15, 0.2) is 47.8 Å². The molecule has 7 heteroatoms. The van der Waals surface area contributed by atoms with Crippen molar-refractivity contribution < 1.29 is 8.42 Å². The average Bonchev–Trinajstić information content (AvgIpc) is 3.06.